The van der Waals surface area contributed by atoms with Crippen LogP contribution < -0.4 is 15.8 Å². The summed E-state index contributed by atoms with van der Waals surface area (Å²) in [5, 5.41) is 2.81. The van der Waals surface area contributed by atoms with Crippen molar-refractivity contribution in [3.63, 3.8) is 0 Å². The maximum Gasteiger partial charge on any atom is 0.236 e. The summed E-state index contributed by atoms with van der Waals surface area (Å²) >= 11 is 1.66. The van der Waals surface area contributed by atoms with Gasteiger partial charge in [0.1, 0.15) is 5.75 Å². The second kappa shape index (κ2) is 6.54. The summed E-state index contributed by atoms with van der Waals surface area (Å²) in [5.41, 5.74) is 6.64. The molecular formula is C15H18N2O2S. The van der Waals surface area contributed by atoms with Gasteiger partial charge in [-0.05, 0) is 48.9 Å². The number of nitrogens with two attached hydrogens (primary N) is 1. The molecule has 106 valence electrons. The standard InChI is InChI=1S/C15H18N2O2S/c1-10(16)15(18)17-9-13-7-8-14(20-13)11-3-5-12(19-2)6-4-11/h3-8,10H,9,16H2,1-2H3,(H,17,18)/t10-/m0/s1. The highest BCUT2D eigenvalue weighted by Gasteiger charge is 2.08. The molecule has 5 heteroatoms. The Bertz CT molecular complexity index is 576. The Morgan fingerprint density at radius 2 is 2.00 bits per heavy atom. The monoisotopic (exact) mass is 290 g/mol. The van der Waals surface area contributed by atoms with Crippen molar-refractivity contribution in [1.82, 2.24) is 5.32 Å². The van der Waals surface area contributed by atoms with Gasteiger partial charge in [0.05, 0.1) is 19.7 Å². The van der Waals surface area contributed by atoms with E-state index in [0.29, 0.717) is 6.54 Å². The van der Waals surface area contributed by atoms with E-state index < -0.39 is 6.04 Å². The lowest BCUT2D eigenvalue weighted by atomic mass is 10.2. The topological polar surface area (TPSA) is 64.3 Å². The van der Waals surface area contributed by atoms with E-state index >= 15 is 0 Å². The van der Waals surface area contributed by atoms with Crippen LogP contribution in [0.2, 0.25) is 0 Å². The van der Waals surface area contributed by atoms with E-state index in [4.69, 9.17) is 10.5 Å². The van der Waals surface area contributed by atoms with Gasteiger partial charge in [-0.25, -0.2) is 0 Å². The van der Waals surface area contributed by atoms with Crippen LogP contribution >= 0.6 is 11.3 Å². The number of amides is 1. The number of hydrogen-bond donors (Lipinski definition) is 2. The fourth-order valence-electron chi connectivity index (χ4n) is 1.72. The second-order valence-corrected chi connectivity index (χ2v) is 5.67. The molecule has 0 saturated heterocycles. The molecule has 20 heavy (non-hydrogen) atoms. The van der Waals surface area contributed by atoms with Crippen LogP contribution in [-0.4, -0.2) is 19.1 Å². The first-order valence-electron chi connectivity index (χ1n) is 6.36. The number of thiophene rings is 1. The van der Waals surface area contributed by atoms with E-state index in [-0.39, 0.29) is 5.91 Å². The van der Waals surface area contributed by atoms with Crippen LogP contribution in [0.5, 0.6) is 5.75 Å². The lowest BCUT2D eigenvalue weighted by molar-refractivity contribution is -0.122. The first kappa shape index (κ1) is 14.6. The molecule has 1 aromatic heterocycles. The summed E-state index contributed by atoms with van der Waals surface area (Å²) in [6, 6.07) is 11.5. The average Bonchev–Trinajstić information content (AvgIpc) is 2.93. The molecule has 1 heterocycles. The van der Waals surface area contributed by atoms with Gasteiger partial charge in [0.15, 0.2) is 0 Å². The van der Waals surface area contributed by atoms with Crippen LogP contribution in [0, 0.1) is 0 Å². The molecule has 0 fully saturated rings. The predicted octanol–water partition coefficient (Wildman–Crippen LogP) is 2.39. The van der Waals surface area contributed by atoms with Gasteiger partial charge in [-0.3, -0.25) is 4.79 Å². The smallest absolute Gasteiger partial charge is 0.236 e. The van der Waals surface area contributed by atoms with Gasteiger partial charge in [0.25, 0.3) is 0 Å². The molecule has 0 aliphatic rings. The molecule has 4 nitrogen and oxygen atoms in total. The van der Waals surface area contributed by atoms with E-state index in [0.717, 1.165) is 21.1 Å². The molecule has 1 atom stereocenters. The maximum absolute atomic E-state index is 11.4. The highest BCUT2D eigenvalue weighted by molar-refractivity contribution is 7.15. The largest absolute Gasteiger partial charge is 0.497 e. The zero-order valence-corrected chi connectivity index (χ0v) is 12.4. The fourth-order valence-corrected chi connectivity index (χ4v) is 2.67. The predicted molar refractivity (Wildman–Crippen MR) is 81.8 cm³/mol. The summed E-state index contributed by atoms with van der Waals surface area (Å²) in [7, 11) is 1.65. The number of nitrogens with one attached hydrogen (secondary N) is 1. The third-order valence-corrected chi connectivity index (χ3v) is 4.02. The van der Waals surface area contributed by atoms with Crippen molar-refractivity contribution in [2.24, 2.45) is 5.73 Å². The van der Waals surface area contributed by atoms with E-state index in [1.54, 1.807) is 25.4 Å². The molecule has 0 aliphatic carbocycles. The molecule has 1 amide bonds. The average molecular weight is 290 g/mol. The zero-order chi connectivity index (χ0) is 14.5. The maximum atomic E-state index is 11.4. The van der Waals surface area contributed by atoms with Crippen LogP contribution in [0.15, 0.2) is 36.4 Å². The third-order valence-electron chi connectivity index (χ3n) is 2.89. The SMILES string of the molecule is COc1ccc(-c2ccc(CNC(=O)[C@H](C)N)s2)cc1. The molecule has 0 unspecified atom stereocenters. The van der Waals surface area contributed by atoms with Crippen molar-refractivity contribution in [3.05, 3.63) is 41.3 Å². The van der Waals surface area contributed by atoms with Gasteiger partial charge in [-0.2, -0.15) is 0 Å². The lowest BCUT2D eigenvalue weighted by Gasteiger charge is -2.05. The summed E-state index contributed by atoms with van der Waals surface area (Å²) in [5.74, 6) is 0.708. The minimum Gasteiger partial charge on any atom is -0.497 e. The Kier molecular flexibility index (Phi) is 4.76. The van der Waals surface area contributed by atoms with Gasteiger partial charge in [0.2, 0.25) is 5.91 Å². The lowest BCUT2D eigenvalue weighted by Crippen LogP contribution is -2.37. The van der Waals surface area contributed by atoms with Crippen molar-refractivity contribution in [2.75, 3.05) is 7.11 Å². The number of benzene rings is 1. The van der Waals surface area contributed by atoms with Crippen molar-refractivity contribution >= 4 is 17.2 Å². The molecule has 0 saturated carbocycles. The highest BCUT2D eigenvalue weighted by Crippen LogP contribution is 2.29. The van der Waals surface area contributed by atoms with E-state index in [9.17, 15) is 4.79 Å². The quantitative estimate of drug-likeness (QED) is 0.888. The molecule has 0 bridgehead atoms. The van der Waals surface area contributed by atoms with Crippen LogP contribution in [0.4, 0.5) is 0 Å². The van der Waals surface area contributed by atoms with Gasteiger partial charge in [-0.1, -0.05) is 0 Å². The fraction of sp³-hybridized carbons (Fsp3) is 0.267. The van der Waals surface area contributed by atoms with Crippen LogP contribution in [0.25, 0.3) is 10.4 Å². The summed E-state index contributed by atoms with van der Waals surface area (Å²) < 4.78 is 5.14. The number of methoxy groups -OCH3 is 1. The van der Waals surface area contributed by atoms with Crippen molar-refractivity contribution in [2.45, 2.75) is 19.5 Å². The summed E-state index contributed by atoms with van der Waals surface area (Å²) in [4.78, 5) is 13.7. The Morgan fingerprint density at radius 1 is 1.30 bits per heavy atom. The molecule has 0 radical (unpaired) electrons. The van der Waals surface area contributed by atoms with Crippen LogP contribution in [0.1, 0.15) is 11.8 Å². The van der Waals surface area contributed by atoms with E-state index in [1.807, 2.05) is 30.3 Å². The molecule has 2 rings (SSSR count). The second-order valence-electron chi connectivity index (χ2n) is 4.50. The van der Waals surface area contributed by atoms with Gasteiger partial charge < -0.3 is 15.8 Å². The molecule has 3 N–H and O–H groups in total. The molecular weight excluding hydrogens is 272 g/mol. The van der Waals surface area contributed by atoms with Crippen molar-refractivity contribution in [1.29, 1.82) is 0 Å². The normalized spacial score (nSPS) is 11.9. The van der Waals surface area contributed by atoms with E-state index in [2.05, 4.69) is 11.4 Å². The Morgan fingerprint density at radius 3 is 2.60 bits per heavy atom. The van der Waals surface area contributed by atoms with Crippen molar-refractivity contribution in [3.8, 4) is 16.2 Å². The minimum absolute atomic E-state index is 0.135. The van der Waals surface area contributed by atoms with Gasteiger partial charge >= 0.3 is 0 Å². The Labute approximate surface area is 122 Å². The third kappa shape index (κ3) is 3.59. The first-order valence-corrected chi connectivity index (χ1v) is 7.18. The Hall–Kier alpha value is -1.85. The zero-order valence-electron chi connectivity index (χ0n) is 11.6. The number of hydrogen-bond acceptors (Lipinski definition) is 4. The number of carbonyl (C=O) groups is 1. The van der Waals surface area contributed by atoms with Crippen LogP contribution in [0.3, 0.4) is 0 Å². The minimum atomic E-state index is -0.476. The van der Waals surface area contributed by atoms with E-state index in [1.165, 1.54) is 0 Å². The number of ether oxygens (including phenoxy) is 1. The summed E-state index contributed by atoms with van der Waals surface area (Å²) in [6.07, 6.45) is 0. The number of carbonyl (C=O) groups excluding carboxylic acids is 1. The van der Waals surface area contributed by atoms with Crippen LogP contribution in [-0.2, 0) is 11.3 Å². The van der Waals surface area contributed by atoms with Crippen molar-refractivity contribution < 1.29 is 9.53 Å². The Balaban J connectivity index is 2.02. The van der Waals surface area contributed by atoms with Gasteiger partial charge in [0, 0.05) is 9.75 Å². The molecule has 0 spiro atoms. The summed E-state index contributed by atoms with van der Waals surface area (Å²) in [6.45, 7) is 2.19. The van der Waals surface area contributed by atoms with Gasteiger partial charge in [-0.15, -0.1) is 11.3 Å². The number of rotatable bonds is 5. The first-order chi connectivity index (χ1) is 9.60. The molecule has 1 aromatic carbocycles. The molecule has 2 aromatic rings. The molecule has 0 aliphatic heterocycles. The highest BCUT2D eigenvalue weighted by atomic mass is 32.1.